The Hall–Kier alpha value is -0.820. The molecule has 1 aromatic rings. The maximum absolute atomic E-state index is 10.3. The van der Waals surface area contributed by atoms with Gasteiger partial charge in [-0.3, -0.25) is 0 Å². The third-order valence-electron chi connectivity index (χ3n) is 3.90. The molecule has 0 aliphatic heterocycles. The Morgan fingerprint density at radius 2 is 1.81 bits per heavy atom. The summed E-state index contributed by atoms with van der Waals surface area (Å²) in [6, 6.07) is 10.6. The molecule has 1 aliphatic carbocycles. The zero-order valence-corrected chi connectivity index (χ0v) is 10.4. The lowest BCUT2D eigenvalue weighted by molar-refractivity contribution is -0.0917. The summed E-state index contributed by atoms with van der Waals surface area (Å²) >= 11 is 0. The van der Waals surface area contributed by atoms with Crippen LogP contribution in [0.25, 0.3) is 0 Å². The monoisotopic (exact) mass is 218 g/mol. The minimum Gasteiger partial charge on any atom is -0.390 e. The molecule has 0 aromatic heterocycles. The van der Waals surface area contributed by atoms with E-state index in [4.69, 9.17) is 0 Å². The van der Waals surface area contributed by atoms with Gasteiger partial charge < -0.3 is 5.11 Å². The quantitative estimate of drug-likeness (QED) is 0.817. The van der Waals surface area contributed by atoms with Gasteiger partial charge in [-0.2, -0.15) is 0 Å². The molecule has 16 heavy (non-hydrogen) atoms. The molecule has 1 heteroatoms. The lowest BCUT2D eigenvalue weighted by atomic mass is 9.56. The maximum atomic E-state index is 10.3. The number of unbranched alkanes of at least 4 members (excludes halogenated alkanes) is 1. The van der Waals surface area contributed by atoms with Crippen LogP contribution in [0, 0.1) is 0 Å². The standard InChI is InChI=1S/C15H22O/c1-3-4-10-15(16)11-14(2,12-15)13-8-6-5-7-9-13/h5-9,16H,3-4,10-12H2,1-2H3. The normalized spacial score (nSPS) is 33.4. The highest BCUT2D eigenvalue weighted by molar-refractivity contribution is 5.30. The van der Waals surface area contributed by atoms with Gasteiger partial charge >= 0.3 is 0 Å². The number of hydrogen-bond donors (Lipinski definition) is 1. The Kier molecular flexibility index (Phi) is 3.07. The molecular formula is C15H22O. The predicted octanol–water partition coefficient (Wildman–Crippen LogP) is 3.66. The molecule has 0 amide bonds. The van der Waals surface area contributed by atoms with Gasteiger partial charge in [0.1, 0.15) is 0 Å². The second-order valence-corrected chi connectivity index (χ2v) is 5.61. The Morgan fingerprint density at radius 3 is 2.38 bits per heavy atom. The largest absolute Gasteiger partial charge is 0.390 e. The number of hydrogen-bond acceptors (Lipinski definition) is 1. The Balaban J connectivity index is 2.00. The summed E-state index contributed by atoms with van der Waals surface area (Å²) in [4.78, 5) is 0. The molecule has 1 N–H and O–H groups in total. The fourth-order valence-corrected chi connectivity index (χ4v) is 3.13. The van der Waals surface area contributed by atoms with Crippen molar-refractivity contribution in [1.82, 2.24) is 0 Å². The average Bonchev–Trinajstić information content (AvgIpc) is 2.26. The summed E-state index contributed by atoms with van der Waals surface area (Å²) < 4.78 is 0. The molecule has 0 spiro atoms. The van der Waals surface area contributed by atoms with E-state index >= 15 is 0 Å². The van der Waals surface area contributed by atoms with E-state index in [0.29, 0.717) is 0 Å². The highest BCUT2D eigenvalue weighted by Crippen LogP contribution is 2.51. The zero-order chi connectivity index (χ0) is 11.6. The van der Waals surface area contributed by atoms with E-state index in [-0.39, 0.29) is 11.0 Å². The van der Waals surface area contributed by atoms with Crippen LogP contribution in [0.4, 0.5) is 0 Å². The van der Waals surface area contributed by atoms with Crippen LogP contribution < -0.4 is 0 Å². The van der Waals surface area contributed by atoms with Crippen LogP contribution in [-0.4, -0.2) is 10.7 Å². The van der Waals surface area contributed by atoms with Crippen molar-refractivity contribution in [3.8, 4) is 0 Å². The summed E-state index contributed by atoms with van der Waals surface area (Å²) in [7, 11) is 0. The van der Waals surface area contributed by atoms with Crippen molar-refractivity contribution in [2.24, 2.45) is 0 Å². The molecule has 0 bridgehead atoms. The number of aliphatic hydroxyl groups is 1. The molecule has 1 fully saturated rings. The summed E-state index contributed by atoms with van der Waals surface area (Å²) in [6.45, 7) is 4.45. The van der Waals surface area contributed by atoms with Crippen molar-refractivity contribution < 1.29 is 5.11 Å². The summed E-state index contributed by atoms with van der Waals surface area (Å²) in [6.07, 6.45) is 5.12. The molecule has 0 unspecified atom stereocenters. The third kappa shape index (κ3) is 2.15. The lowest BCUT2D eigenvalue weighted by Crippen LogP contribution is -2.52. The van der Waals surface area contributed by atoms with Gasteiger partial charge in [0.05, 0.1) is 5.60 Å². The Bertz CT molecular complexity index is 336. The predicted molar refractivity (Wildman–Crippen MR) is 67.5 cm³/mol. The molecule has 1 aromatic carbocycles. The van der Waals surface area contributed by atoms with Crippen molar-refractivity contribution in [2.75, 3.05) is 0 Å². The third-order valence-corrected chi connectivity index (χ3v) is 3.90. The smallest absolute Gasteiger partial charge is 0.0664 e. The van der Waals surface area contributed by atoms with E-state index in [1.165, 1.54) is 12.0 Å². The molecule has 0 saturated heterocycles. The van der Waals surface area contributed by atoms with Crippen LogP contribution in [-0.2, 0) is 5.41 Å². The van der Waals surface area contributed by atoms with E-state index in [1.54, 1.807) is 0 Å². The van der Waals surface area contributed by atoms with Crippen LogP contribution in [0.5, 0.6) is 0 Å². The Morgan fingerprint density at radius 1 is 1.19 bits per heavy atom. The summed E-state index contributed by atoms with van der Waals surface area (Å²) in [5.74, 6) is 0. The van der Waals surface area contributed by atoms with E-state index in [9.17, 15) is 5.11 Å². The first-order valence-electron chi connectivity index (χ1n) is 6.36. The minimum atomic E-state index is -0.388. The van der Waals surface area contributed by atoms with E-state index in [2.05, 4.69) is 44.2 Å². The first-order valence-corrected chi connectivity index (χ1v) is 6.36. The van der Waals surface area contributed by atoms with Crippen LogP contribution >= 0.6 is 0 Å². The van der Waals surface area contributed by atoms with Crippen molar-refractivity contribution in [2.45, 2.75) is 57.0 Å². The van der Waals surface area contributed by atoms with Crippen molar-refractivity contribution >= 4 is 0 Å². The van der Waals surface area contributed by atoms with Crippen LogP contribution in [0.3, 0.4) is 0 Å². The van der Waals surface area contributed by atoms with Gasteiger partial charge in [0.15, 0.2) is 0 Å². The highest BCUT2D eigenvalue weighted by Gasteiger charge is 2.50. The fraction of sp³-hybridized carbons (Fsp3) is 0.600. The summed E-state index contributed by atoms with van der Waals surface area (Å²) in [5, 5.41) is 10.3. The maximum Gasteiger partial charge on any atom is 0.0664 e. The van der Waals surface area contributed by atoms with Crippen LogP contribution in [0.2, 0.25) is 0 Å². The Labute approximate surface area is 98.5 Å². The molecule has 1 nitrogen and oxygen atoms in total. The molecule has 2 rings (SSSR count). The number of rotatable bonds is 4. The lowest BCUT2D eigenvalue weighted by Gasteiger charge is -2.52. The van der Waals surface area contributed by atoms with Gasteiger partial charge in [-0.1, -0.05) is 57.0 Å². The van der Waals surface area contributed by atoms with E-state index in [0.717, 1.165) is 25.7 Å². The molecular weight excluding hydrogens is 196 g/mol. The van der Waals surface area contributed by atoms with Gasteiger partial charge in [-0.05, 0) is 30.2 Å². The van der Waals surface area contributed by atoms with Crippen molar-refractivity contribution in [3.05, 3.63) is 35.9 Å². The highest BCUT2D eigenvalue weighted by atomic mass is 16.3. The SMILES string of the molecule is CCCCC1(O)CC(C)(c2ccccc2)C1. The number of benzene rings is 1. The van der Waals surface area contributed by atoms with Gasteiger partial charge in [0, 0.05) is 0 Å². The topological polar surface area (TPSA) is 20.2 Å². The molecule has 0 heterocycles. The van der Waals surface area contributed by atoms with Gasteiger partial charge in [-0.15, -0.1) is 0 Å². The van der Waals surface area contributed by atoms with Gasteiger partial charge in [-0.25, -0.2) is 0 Å². The summed E-state index contributed by atoms with van der Waals surface area (Å²) in [5.41, 5.74) is 1.18. The van der Waals surface area contributed by atoms with Crippen molar-refractivity contribution in [1.29, 1.82) is 0 Å². The fourth-order valence-electron chi connectivity index (χ4n) is 3.13. The van der Waals surface area contributed by atoms with Crippen molar-refractivity contribution in [3.63, 3.8) is 0 Å². The van der Waals surface area contributed by atoms with Crippen LogP contribution in [0.1, 0.15) is 51.5 Å². The molecule has 0 radical (unpaired) electrons. The molecule has 1 aliphatic rings. The second-order valence-electron chi connectivity index (χ2n) is 5.61. The van der Waals surface area contributed by atoms with Crippen LogP contribution in [0.15, 0.2) is 30.3 Å². The van der Waals surface area contributed by atoms with Gasteiger partial charge in [0.25, 0.3) is 0 Å². The van der Waals surface area contributed by atoms with E-state index in [1.807, 2.05) is 0 Å². The minimum absolute atomic E-state index is 0.198. The first kappa shape index (κ1) is 11.7. The average molecular weight is 218 g/mol. The second kappa shape index (κ2) is 4.21. The first-order chi connectivity index (χ1) is 7.58. The molecule has 0 atom stereocenters. The van der Waals surface area contributed by atoms with E-state index < -0.39 is 0 Å². The zero-order valence-electron chi connectivity index (χ0n) is 10.4. The van der Waals surface area contributed by atoms with Gasteiger partial charge in [0.2, 0.25) is 0 Å². The molecule has 88 valence electrons. The molecule has 1 saturated carbocycles.